The molecule has 1 saturated heterocycles. The van der Waals surface area contributed by atoms with Crippen molar-refractivity contribution in [1.82, 2.24) is 14.5 Å². The number of hydrogen-bond donors (Lipinski definition) is 1. The van der Waals surface area contributed by atoms with E-state index in [1.165, 1.54) is 19.3 Å². The number of aryl methyl sites for hydroxylation is 1. The van der Waals surface area contributed by atoms with E-state index in [9.17, 15) is 4.79 Å². The van der Waals surface area contributed by atoms with E-state index in [0.717, 1.165) is 48.3 Å². The molecule has 1 aromatic heterocycles. The number of thiol groups is 1. The second-order valence-electron chi connectivity index (χ2n) is 8.43. The lowest BCUT2D eigenvalue weighted by molar-refractivity contribution is 0.0493. The summed E-state index contributed by atoms with van der Waals surface area (Å²) in [6, 6.07) is 14.1. The van der Waals surface area contributed by atoms with Crippen molar-refractivity contribution in [3.05, 3.63) is 58.6 Å². The maximum absolute atomic E-state index is 13.1. The summed E-state index contributed by atoms with van der Waals surface area (Å²) < 4.78 is 7.88. The first-order valence-electron chi connectivity index (χ1n) is 10.8. The van der Waals surface area contributed by atoms with Gasteiger partial charge in [0.1, 0.15) is 17.7 Å². The molecule has 2 aliphatic rings. The summed E-state index contributed by atoms with van der Waals surface area (Å²) >= 11 is 4.36. The molecule has 0 spiro atoms. The number of rotatable bonds is 4. The largest absolute Gasteiger partial charge is 0.490 e. The zero-order chi connectivity index (χ0) is 20.7. The number of nitrogens with zero attached hydrogens (tertiary/aromatic N) is 3. The monoisotopic (exact) mass is 421 g/mol. The third-order valence-electron chi connectivity index (χ3n) is 6.48. The van der Waals surface area contributed by atoms with Gasteiger partial charge in [-0.1, -0.05) is 6.42 Å². The molecular weight excluding hydrogens is 394 g/mol. The smallest absolute Gasteiger partial charge is 0.265 e. The average molecular weight is 422 g/mol. The summed E-state index contributed by atoms with van der Waals surface area (Å²) in [5.74, 6) is 1.52. The van der Waals surface area contributed by atoms with Crippen LogP contribution >= 0.6 is 12.6 Å². The highest BCUT2D eigenvalue weighted by molar-refractivity contribution is 7.80. The van der Waals surface area contributed by atoms with E-state index in [0.29, 0.717) is 16.7 Å². The molecule has 156 valence electrons. The van der Waals surface area contributed by atoms with Crippen LogP contribution in [0.4, 0.5) is 0 Å². The van der Waals surface area contributed by atoms with Crippen LogP contribution in [0.2, 0.25) is 0 Å². The molecule has 2 fully saturated rings. The summed E-state index contributed by atoms with van der Waals surface area (Å²) in [6.45, 7) is 4.13. The molecule has 5 rings (SSSR count). The second-order valence-corrected chi connectivity index (χ2v) is 8.95. The third-order valence-corrected chi connectivity index (χ3v) is 6.76. The van der Waals surface area contributed by atoms with Crippen molar-refractivity contribution < 1.29 is 4.74 Å². The molecule has 0 radical (unpaired) electrons. The molecule has 1 saturated carbocycles. The zero-order valence-electron chi connectivity index (χ0n) is 17.3. The molecule has 2 heterocycles. The molecule has 0 atom stereocenters. The predicted octanol–water partition coefficient (Wildman–Crippen LogP) is 4.38. The van der Waals surface area contributed by atoms with E-state index in [2.05, 4.69) is 22.5 Å². The Morgan fingerprint density at radius 2 is 1.77 bits per heavy atom. The Balaban J connectivity index is 1.32. The molecule has 6 heteroatoms. The highest BCUT2D eigenvalue weighted by Gasteiger charge is 2.29. The molecular formula is C24H27N3O2S. The highest BCUT2D eigenvalue weighted by atomic mass is 32.1. The highest BCUT2D eigenvalue weighted by Crippen LogP contribution is 2.29. The Labute approximate surface area is 182 Å². The summed E-state index contributed by atoms with van der Waals surface area (Å²) in [5, 5.41) is 0.576. The number of hydrogen-bond acceptors (Lipinski definition) is 5. The van der Waals surface area contributed by atoms with E-state index < -0.39 is 0 Å². The molecule has 2 aromatic carbocycles. The first kappa shape index (κ1) is 19.6. The molecule has 30 heavy (non-hydrogen) atoms. The standard InChI is InChI=1S/C24H27N3O2S/c1-16-25-23-10-9-21(30)15-22(23)24(28)27(16)18-5-7-19(8-6-18)29-20-11-13-26(14-12-20)17-3-2-4-17/h5-10,15,17,20,30H,2-4,11-14H2,1H3. The Morgan fingerprint density at radius 1 is 1.03 bits per heavy atom. The minimum Gasteiger partial charge on any atom is -0.490 e. The van der Waals surface area contributed by atoms with Gasteiger partial charge < -0.3 is 9.64 Å². The van der Waals surface area contributed by atoms with Gasteiger partial charge in [0.2, 0.25) is 0 Å². The van der Waals surface area contributed by atoms with E-state index in [4.69, 9.17) is 4.74 Å². The minimum absolute atomic E-state index is 0.0783. The van der Waals surface area contributed by atoms with Crippen molar-refractivity contribution in [2.75, 3.05) is 13.1 Å². The van der Waals surface area contributed by atoms with Gasteiger partial charge in [-0.3, -0.25) is 9.36 Å². The summed E-state index contributed by atoms with van der Waals surface area (Å²) in [5.41, 5.74) is 1.41. The normalized spacial score (nSPS) is 18.5. The van der Waals surface area contributed by atoms with Gasteiger partial charge in [0.25, 0.3) is 5.56 Å². The van der Waals surface area contributed by atoms with Crippen LogP contribution in [0.25, 0.3) is 16.6 Å². The van der Waals surface area contributed by atoms with Crippen LogP contribution in [0.1, 0.15) is 37.9 Å². The van der Waals surface area contributed by atoms with Crippen molar-refractivity contribution in [1.29, 1.82) is 0 Å². The van der Waals surface area contributed by atoms with E-state index in [1.54, 1.807) is 10.6 Å². The first-order valence-corrected chi connectivity index (χ1v) is 11.3. The van der Waals surface area contributed by atoms with Gasteiger partial charge in [-0.05, 0) is 75.1 Å². The minimum atomic E-state index is -0.0783. The molecule has 1 aliphatic carbocycles. The summed E-state index contributed by atoms with van der Waals surface area (Å²) in [4.78, 5) is 21.1. The van der Waals surface area contributed by atoms with Crippen LogP contribution < -0.4 is 10.3 Å². The van der Waals surface area contributed by atoms with Gasteiger partial charge in [-0.2, -0.15) is 0 Å². The average Bonchev–Trinajstić information content (AvgIpc) is 2.70. The molecule has 0 unspecified atom stereocenters. The van der Waals surface area contributed by atoms with Crippen molar-refractivity contribution in [3.63, 3.8) is 0 Å². The van der Waals surface area contributed by atoms with Crippen LogP contribution in [0.15, 0.2) is 52.2 Å². The Morgan fingerprint density at radius 3 is 2.43 bits per heavy atom. The lowest BCUT2D eigenvalue weighted by Gasteiger charge is -2.41. The molecule has 0 bridgehead atoms. The molecule has 3 aromatic rings. The number of likely N-dealkylation sites (tertiary alicyclic amines) is 1. The van der Waals surface area contributed by atoms with E-state index in [1.807, 2.05) is 43.3 Å². The lowest BCUT2D eigenvalue weighted by Crippen LogP contribution is -2.46. The maximum Gasteiger partial charge on any atom is 0.265 e. The second kappa shape index (κ2) is 8.08. The number of aromatic nitrogens is 2. The van der Waals surface area contributed by atoms with Gasteiger partial charge >= 0.3 is 0 Å². The predicted molar refractivity (Wildman–Crippen MR) is 122 cm³/mol. The van der Waals surface area contributed by atoms with Crippen molar-refractivity contribution in [2.45, 2.75) is 56.1 Å². The number of benzene rings is 2. The van der Waals surface area contributed by atoms with Crippen molar-refractivity contribution >= 4 is 23.5 Å². The Kier molecular flexibility index (Phi) is 5.29. The lowest BCUT2D eigenvalue weighted by atomic mass is 9.90. The summed E-state index contributed by atoms with van der Waals surface area (Å²) in [6.07, 6.45) is 6.55. The van der Waals surface area contributed by atoms with Crippen LogP contribution in [0.5, 0.6) is 5.75 Å². The van der Waals surface area contributed by atoms with Gasteiger partial charge in [0, 0.05) is 24.0 Å². The van der Waals surface area contributed by atoms with Gasteiger partial charge in [-0.25, -0.2) is 4.98 Å². The van der Waals surface area contributed by atoms with Gasteiger partial charge in [0.15, 0.2) is 0 Å². The Hall–Kier alpha value is -2.31. The fourth-order valence-corrected chi connectivity index (χ4v) is 4.77. The fraction of sp³-hybridized carbons (Fsp3) is 0.417. The van der Waals surface area contributed by atoms with Crippen LogP contribution in [0, 0.1) is 6.92 Å². The quantitative estimate of drug-likeness (QED) is 0.635. The molecule has 0 amide bonds. The molecule has 5 nitrogen and oxygen atoms in total. The summed E-state index contributed by atoms with van der Waals surface area (Å²) in [7, 11) is 0. The number of ether oxygens (including phenoxy) is 1. The topological polar surface area (TPSA) is 47.4 Å². The first-order chi connectivity index (χ1) is 14.6. The Bertz CT molecular complexity index is 1110. The van der Waals surface area contributed by atoms with Crippen molar-refractivity contribution in [3.8, 4) is 11.4 Å². The number of piperidine rings is 1. The fourth-order valence-electron chi connectivity index (χ4n) is 4.57. The van der Waals surface area contributed by atoms with Gasteiger partial charge in [-0.15, -0.1) is 12.6 Å². The van der Waals surface area contributed by atoms with Crippen LogP contribution in [0.3, 0.4) is 0 Å². The van der Waals surface area contributed by atoms with E-state index >= 15 is 0 Å². The van der Waals surface area contributed by atoms with Crippen LogP contribution in [-0.2, 0) is 0 Å². The van der Waals surface area contributed by atoms with Crippen LogP contribution in [-0.4, -0.2) is 39.7 Å². The molecule has 1 aliphatic heterocycles. The third kappa shape index (κ3) is 3.74. The maximum atomic E-state index is 13.1. The van der Waals surface area contributed by atoms with Crippen molar-refractivity contribution in [2.24, 2.45) is 0 Å². The number of fused-ring (bicyclic) bond motifs is 1. The zero-order valence-corrected chi connectivity index (χ0v) is 18.1. The van der Waals surface area contributed by atoms with E-state index in [-0.39, 0.29) is 11.7 Å². The van der Waals surface area contributed by atoms with Gasteiger partial charge in [0.05, 0.1) is 16.6 Å². The SMILES string of the molecule is Cc1nc2ccc(S)cc2c(=O)n1-c1ccc(OC2CCN(C3CCC3)CC2)cc1. The molecule has 0 N–H and O–H groups in total.